The molecule has 0 fully saturated rings. The Balaban J connectivity index is 1.85. The van der Waals surface area contributed by atoms with Crippen molar-refractivity contribution in [1.82, 2.24) is 15.5 Å². The van der Waals surface area contributed by atoms with Crippen molar-refractivity contribution in [3.8, 4) is 0 Å². The Morgan fingerprint density at radius 2 is 1.97 bits per heavy atom. The van der Waals surface area contributed by atoms with Crippen LogP contribution in [-0.4, -0.2) is 22.1 Å². The van der Waals surface area contributed by atoms with Gasteiger partial charge in [-0.1, -0.05) is 35.4 Å². The summed E-state index contributed by atoms with van der Waals surface area (Å²) in [6, 6.07) is 11.2. The standard InChI is InChI=1S/C20H16ClF4N5O/c1-11-3-2-4-12(7-11)18(31)28-19(26-10-13-5-6-14(22)8-15(13)21)27-17-9-16(29-30-17)20(23,24)25/h2-9H,10H2,1H3,(H3,26,27,28,29,30,31). The lowest BCUT2D eigenvalue weighted by molar-refractivity contribution is -0.141. The minimum Gasteiger partial charge on any atom is -0.309 e. The maximum atomic E-state index is 13.2. The first-order valence-corrected chi connectivity index (χ1v) is 9.25. The molecule has 0 unspecified atom stereocenters. The molecule has 3 N–H and O–H groups in total. The van der Waals surface area contributed by atoms with E-state index in [1.807, 2.05) is 18.1 Å². The van der Waals surface area contributed by atoms with Crippen molar-refractivity contribution in [2.24, 2.45) is 4.99 Å². The van der Waals surface area contributed by atoms with Gasteiger partial charge < -0.3 is 5.32 Å². The molecule has 3 rings (SSSR count). The zero-order valence-electron chi connectivity index (χ0n) is 16.0. The molecule has 0 saturated heterocycles. The molecule has 0 atom stereocenters. The number of aromatic nitrogens is 2. The summed E-state index contributed by atoms with van der Waals surface area (Å²) in [7, 11) is 0. The topological polar surface area (TPSA) is 82.2 Å². The number of nitrogens with zero attached hydrogens (tertiary/aromatic N) is 2. The second kappa shape index (κ2) is 9.17. The van der Waals surface area contributed by atoms with Gasteiger partial charge in [0, 0.05) is 16.7 Å². The van der Waals surface area contributed by atoms with Crippen LogP contribution in [0, 0.1) is 12.7 Å². The van der Waals surface area contributed by atoms with E-state index in [-0.39, 0.29) is 23.3 Å². The normalized spacial score (nSPS) is 12.0. The van der Waals surface area contributed by atoms with Gasteiger partial charge in [-0.05, 0) is 36.8 Å². The van der Waals surface area contributed by atoms with E-state index in [0.29, 0.717) is 11.1 Å². The summed E-state index contributed by atoms with van der Waals surface area (Å²) in [6.07, 6.45) is -4.61. The molecule has 0 aliphatic heterocycles. The van der Waals surface area contributed by atoms with Crippen LogP contribution in [0.4, 0.5) is 23.4 Å². The number of carbonyl (C=O) groups excluding carboxylic acids is 1. The highest BCUT2D eigenvalue weighted by Crippen LogP contribution is 2.28. The Labute approximate surface area is 179 Å². The Morgan fingerprint density at radius 1 is 1.19 bits per heavy atom. The van der Waals surface area contributed by atoms with Gasteiger partial charge in [0.1, 0.15) is 11.5 Å². The van der Waals surface area contributed by atoms with E-state index in [1.165, 1.54) is 12.1 Å². The van der Waals surface area contributed by atoms with Crippen molar-refractivity contribution >= 4 is 29.3 Å². The molecule has 0 aliphatic rings. The SMILES string of the molecule is Cc1cccc(C(=O)NC(=NCc2ccc(F)cc2Cl)Nc2cc(C(F)(F)F)[nH]n2)c1. The highest BCUT2D eigenvalue weighted by atomic mass is 35.5. The Morgan fingerprint density at radius 3 is 2.61 bits per heavy atom. The van der Waals surface area contributed by atoms with Gasteiger partial charge in [0.05, 0.1) is 6.54 Å². The fraction of sp³-hybridized carbons (Fsp3) is 0.150. The van der Waals surface area contributed by atoms with E-state index in [4.69, 9.17) is 11.6 Å². The van der Waals surface area contributed by atoms with Crippen LogP contribution in [0.2, 0.25) is 5.02 Å². The number of alkyl halides is 3. The lowest BCUT2D eigenvalue weighted by atomic mass is 10.1. The molecule has 3 aromatic rings. The van der Waals surface area contributed by atoms with E-state index < -0.39 is 23.6 Å². The van der Waals surface area contributed by atoms with Gasteiger partial charge in [-0.2, -0.15) is 18.3 Å². The third kappa shape index (κ3) is 6.05. The smallest absolute Gasteiger partial charge is 0.309 e. The van der Waals surface area contributed by atoms with Crippen molar-refractivity contribution in [1.29, 1.82) is 0 Å². The summed E-state index contributed by atoms with van der Waals surface area (Å²) < 4.78 is 51.7. The molecule has 0 spiro atoms. The molecular formula is C20H16ClF4N5O. The maximum absolute atomic E-state index is 13.2. The van der Waals surface area contributed by atoms with Gasteiger partial charge in [0.2, 0.25) is 5.96 Å². The van der Waals surface area contributed by atoms with Crippen LogP contribution in [0.15, 0.2) is 53.5 Å². The molecule has 0 aliphatic carbocycles. The summed E-state index contributed by atoms with van der Waals surface area (Å²) in [6.45, 7) is 1.73. The first kappa shape index (κ1) is 22.3. The predicted molar refractivity (Wildman–Crippen MR) is 108 cm³/mol. The largest absolute Gasteiger partial charge is 0.432 e. The second-order valence-electron chi connectivity index (χ2n) is 6.51. The van der Waals surface area contributed by atoms with Crippen LogP contribution in [-0.2, 0) is 12.7 Å². The Hall–Kier alpha value is -3.40. The molecule has 6 nitrogen and oxygen atoms in total. The molecule has 11 heteroatoms. The van der Waals surface area contributed by atoms with Gasteiger partial charge >= 0.3 is 6.18 Å². The number of nitrogens with one attached hydrogen (secondary N) is 3. The third-order valence-corrected chi connectivity index (χ3v) is 4.42. The fourth-order valence-electron chi connectivity index (χ4n) is 2.54. The maximum Gasteiger partial charge on any atom is 0.432 e. The van der Waals surface area contributed by atoms with Gasteiger partial charge in [-0.15, -0.1) is 0 Å². The minimum atomic E-state index is -4.61. The van der Waals surface area contributed by atoms with Crippen LogP contribution < -0.4 is 10.6 Å². The summed E-state index contributed by atoms with van der Waals surface area (Å²) >= 11 is 5.99. The molecule has 0 radical (unpaired) electrons. The van der Waals surface area contributed by atoms with Crippen molar-refractivity contribution in [2.75, 3.05) is 5.32 Å². The van der Waals surface area contributed by atoms with Gasteiger partial charge in [0.15, 0.2) is 5.82 Å². The first-order valence-electron chi connectivity index (χ1n) is 8.88. The number of carbonyl (C=O) groups is 1. The number of hydrogen-bond acceptors (Lipinski definition) is 3. The van der Waals surface area contributed by atoms with Gasteiger partial charge in [-0.3, -0.25) is 15.2 Å². The summed E-state index contributed by atoms with van der Waals surface area (Å²) in [5.41, 5.74) is 0.553. The van der Waals surface area contributed by atoms with Crippen LogP contribution in [0.25, 0.3) is 0 Å². The number of amides is 1. The number of aliphatic imine (C=N–C) groups is 1. The number of H-pyrrole nitrogens is 1. The van der Waals surface area contributed by atoms with Crippen LogP contribution >= 0.6 is 11.6 Å². The molecule has 31 heavy (non-hydrogen) atoms. The second-order valence-corrected chi connectivity index (χ2v) is 6.92. The van der Waals surface area contributed by atoms with E-state index >= 15 is 0 Å². The number of benzene rings is 2. The first-order chi connectivity index (χ1) is 14.6. The highest BCUT2D eigenvalue weighted by Gasteiger charge is 2.33. The van der Waals surface area contributed by atoms with E-state index in [0.717, 1.165) is 17.7 Å². The predicted octanol–water partition coefficient (Wildman–Crippen LogP) is 4.93. The van der Waals surface area contributed by atoms with E-state index in [2.05, 4.69) is 20.7 Å². The summed E-state index contributed by atoms with van der Waals surface area (Å²) in [4.78, 5) is 16.7. The molecular weight excluding hydrogens is 438 g/mol. The molecule has 1 aromatic heterocycles. The molecule has 0 saturated carbocycles. The molecule has 162 valence electrons. The lowest BCUT2D eigenvalue weighted by Gasteiger charge is -2.11. The number of rotatable bonds is 4. The van der Waals surface area contributed by atoms with Gasteiger partial charge in [-0.25, -0.2) is 9.38 Å². The minimum absolute atomic E-state index is 0.0773. The average Bonchev–Trinajstić information content (AvgIpc) is 3.16. The van der Waals surface area contributed by atoms with E-state index in [1.54, 1.807) is 18.2 Å². The monoisotopic (exact) mass is 453 g/mol. The van der Waals surface area contributed by atoms with E-state index in [9.17, 15) is 22.4 Å². The number of anilines is 1. The number of halogens is 5. The van der Waals surface area contributed by atoms with Crippen molar-refractivity contribution in [3.63, 3.8) is 0 Å². The molecule has 2 aromatic carbocycles. The molecule has 1 heterocycles. The van der Waals surface area contributed by atoms with Crippen molar-refractivity contribution in [2.45, 2.75) is 19.6 Å². The molecule has 1 amide bonds. The Bertz CT molecular complexity index is 1130. The van der Waals surface area contributed by atoms with Gasteiger partial charge in [0.25, 0.3) is 5.91 Å². The highest BCUT2D eigenvalue weighted by molar-refractivity contribution is 6.31. The fourth-order valence-corrected chi connectivity index (χ4v) is 2.77. The zero-order chi connectivity index (χ0) is 22.6. The summed E-state index contributed by atoms with van der Waals surface area (Å²) in [5, 5.41) is 10.6. The number of hydrogen-bond donors (Lipinski definition) is 3. The number of aromatic amines is 1. The van der Waals surface area contributed by atoms with Crippen LogP contribution in [0.3, 0.4) is 0 Å². The Kier molecular flexibility index (Phi) is 6.59. The lowest BCUT2D eigenvalue weighted by Crippen LogP contribution is -2.36. The number of aryl methyl sites for hydroxylation is 1. The average molecular weight is 454 g/mol. The number of guanidine groups is 1. The summed E-state index contributed by atoms with van der Waals surface area (Å²) in [5.74, 6) is -1.43. The van der Waals surface area contributed by atoms with Crippen molar-refractivity contribution in [3.05, 3.63) is 81.8 Å². The quantitative estimate of drug-likeness (QED) is 0.298. The van der Waals surface area contributed by atoms with Crippen molar-refractivity contribution < 1.29 is 22.4 Å². The third-order valence-electron chi connectivity index (χ3n) is 4.06. The van der Waals surface area contributed by atoms with Crippen LogP contribution in [0.5, 0.6) is 0 Å². The van der Waals surface area contributed by atoms with Crippen LogP contribution in [0.1, 0.15) is 27.2 Å². The molecule has 0 bridgehead atoms. The zero-order valence-corrected chi connectivity index (χ0v) is 16.8.